The number of nitrogens with two attached hydrogens (primary N) is 1. The van der Waals surface area contributed by atoms with Crippen molar-refractivity contribution in [3.8, 4) is 11.3 Å². The highest BCUT2D eigenvalue weighted by atomic mass is 16.5. The number of anilines is 3. The number of carbonyl (C=O) groups is 1. The molecule has 5 heterocycles. The van der Waals surface area contributed by atoms with Crippen LogP contribution in [0.1, 0.15) is 23.2 Å². The Balaban J connectivity index is 1.46. The van der Waals surface area contributed by atoms with E-state index in [0.717, 1.165) is 18.4 Å². The van der Waals surface area contributed by atoms with Gasteiger partial charge in [0.15, 0.2) is 5.58 Å². The second-order valence-corrected chi connectivity index (χ2v) is 8.60. The highest BCUT2D eigenvalue weighted by molar-refractivity contribution is 6.08. The highest BCUT2D eigenvalue weighted by Crippen LogP contribution is 2.29. The topological polar surface area (TPSA) is 149 Å². The lowest BCUT2D eigenvalue weighted by Crippen LogP contribution is -2.38. The first-order valence-corrected chi connectivity index (χ1v) is 11.8. The zero-order valence-corrected chi connectivity index (χ0v) is 20.3. The maximum atomic E-state index is 13.5. The molecule has 1 amide bonds. The standard InChI is InChI=1S/C24H29N9O3/c1-32-14-15(13-27-32)18-4-3-5-20(28-18)29-23(34)17-12-19-21(31-24(36-19)26-9-8-25)30-22(17)33-10-6-16(35-2)7-11-33/h3-5,12-14,16H,6-11,25H2,1-2H3,(H,26,30,31)(H,28,29,34). The van der Waals surface area contributed by atoms with Gasteiger partial charge in [-0.1, -0.05) is 6.07 Å². The third-order valence-electron chi connectivity index (χ3n) is 6.09. The van der Waals surface area contributed by atoms with Crippen LogP contribution in [0, 0.1) is 0 Å². The van der Waals surface area contributed by atoms with Gasteiger partial charge in [0.25, 0.3) is 11.9 Å². The first-order chi connectivity index (χ1) is 17.5. The van der Waals surface area contributed by atoms with Gasteiger partial charge in [-0.15, -0.1) is 0 Å². The van der Waals surface area contributed by atoms with Gasteiger partial charge in [-0.3, -0.25) is 9.48 Å². The van der Waals surface area contributed by atoms with Gasteiger partial charge in [0.2, 0.25) is 5.65 Å². The molecule has 188 valence electrons. The van der Waals surface area contributed by atoms with E-state index in [1.165, 1.54) is 0 Å². The van der Waals surface area contributed by atoms with E-state index in [-0.39, 0.29) is 12.0 Å². The van der Waals surface area contributed by atoms with Crippen LogP contribution < -0.4 is 21.3 Å². The molecule has 1 aliphatic heterocycles. The van der Waals surface area contributed by atoms with Gasteiger partial charge in [-0.25, -0.2) is 9.97 Å². The molecule has 4 N–H and O–H groups in total. The minimum Gasteiger partial charge on any atom is -0.422 e. The molecular weight excluding hydrogens is 462 g/mol. The molecule has 4 aromatic rings. The second kappa shape index (κ2) is 10.3. The van der Waals surface area contributed by atoms with Crippen LogP contribution in [0.15, 0.2) is 41.1 Å². The summed E-state index contributed by atoms with van der Waals surface area (Å²) in [5.74, 6) is 0.641. The van der Waals surface area contributed by atoms with Gasteiger partial charge in [0.1, 0.15) is 11.6 Å². The van der Waals surface area contributed by atoms with E-state index in [4.69, 9.17) is 19.9 Å². The summed E-state index contributed by atoms with van der Waals surface area (Å²) < 4.78 is 13.0. The minimum atomic E-state index is -0.336. The summed E-state index contributed by atoms with van der Waals surface area (Å²) >= 11 is 0. The van der Waals surface area contributed by atoms with Crippen molar-refractivity contribution < 1.29 is 13.9 Å². The number of carbonyl (C=O) groups excluding carboxylic acids is 1. The lowest BCUT2D eigenvalue weighted by Gasteiger charge is -2.32. The van der Waals surface area contributed by atoms with Crippen molar-refractivity contribution in [3.05, 3.63) is 42.2 Å². The van der Waals surface area contributed by atoms with Crippen molar-refractivity contribution in [2.75, 3.05) is 48.8 Å². The average molecular weight is 492 g/mol. The maximum Gasteiger partial charge on any atom is 0.297 e. The van der Waals surface area contributed by atoms with Gasteiger partial charge in [0.05, 0.1) is 23.6 Å². The first kappa shape index (κ1) is 23.7. The van der Waals surface area contributed by atoms with E-state index < -0.39 is 0 Å². The number of ether oxygens (including phenoxy) is 1. The van der Waals surface area contributed by atoms with E-state index in [1.807, 2.05) is 25.4 Å². The molecule has 0 aliphatic carbocycles. The number of oxazole rings is 1. The van der Waals surface area contributed by atoms with Crippen LogP contribution in [0.25, 0.3) is 22.5 Å². The molecule has 0 aromatic carbocycles. The fourth-order valence-electron chi connectivity index (χ4n) is 4.22. The summed E-state index contributed by atoms with van der Waals surface area (Å²) in [4.78, 5) is 29.3. The zero-order valence-electron chi connectivity index (χ0n) is 20.3. The number of aromatic nitrogens is 5. The molecule has 0 bridgehead atoms. The first-order valence-electron chi connectivity index (χ1n) is 11.8. The lowest BCUT2D eigenvalue weighted by molar-refractivity contribution is 0.0817. The maximum absolute atomic E-state index is 13.5. The molecular formula is C24H29N9O3. The molecule has 4 aromatic heterocycles. The van der Waals surface area contributed by atoms with E-state index in [9.17, 15) is 4.79 Å². The summed E-state index contributed by atoms with van der Waals surface area (Å²) in [5.41, 5.74) is 8.36. The number of rotatable bonds is 8. The van der Waals surface area contributed by atoms with Gasteiger partial charge < -0.3 is 30.4 Å². The number of nitrogens with one attached hydrogen (secondary N) is 2. The van der Waals surface area contributed by atoms with Crippen molar-refractivity contribution >= 4 is 34.8 Å². The van der Waals surface area contributed by atoms with Crippen LogP contribution >= 0.6 is 0 Å². The summed E-state index contributed by atoms with van der Waals surface area (Å²) in [5, 5.41) is 10.1. The number of aryl methyl sites for hydroxylation is 1. The van der Waals surface area contributed by atoms with Crippen LogP contribution in [0.4, 0.5) is 17.7 Å². The second-order valence-electron chi connectivity index (χ2n) is 8.60. The summed E-state index contributed by atoms with van der Waals surface area (Å²) in [6, 6.07) is 7.46. The highest BCUT2D eigenvalue weighted by Gasteiger charge is 2.26. The number of nitrogens with zero attached hydrogens (tertiary/aromatic N) is 6. The molecule has 0 unspecified atom stereocenters. The largest absolute Gasteiger partial charge is 0.422 e. The van der Waals surface area contributed by atoms with Gasteiger partial charge in [-0.05, 0) is 25.0 Å². The number of amides is 1. The van der Waals surface area contributed by atoms with Crippen LogP contribution in [0.2, 0.25) is 0 Å². The Labute approximate surface area is 207 Å². The molecule has 12 heteroatoms. The fraction of sp³-hybridized carbons (Fsp3) is 0.375. The quantitative estimate of drug-likeness (QED) is 0.335. The molecule has 0 saturated carbocycles. The number of hydrogen-bond donors (Lipinski definition) is 3. The SMILES string of the molecule is COC1CCN(c2nc3nc(NCCN)oc3cc2C(=O)Nc2cccc(-c3cnn(C)c3)n2)CC1. The number of fused-ring (bicyclic) bond motifs is 1. The van der Waals surface area contributed by atoms with E-state index in [1.54, 1.807) is 30.1 Å². The van der Waals surface area contributed by atoms with Crippen molar-refractivity contribution in [1.82, 2.24) is 24.7 Å². The molecule has 36 heavy (non-hydrogen) atoms. The summed E-state index contributed by atoms with van der Waals surface area (Å²) in [6.45, 7) is 2.37. The summed E-state index contributed by atoms with van der Waals surface area (Å²) in [7, 11) is 3.57. The Kier molecular flexibility index (Phi) is 6.78. The molecule has 0 atom stereocenters. The van der Waals surface area contributed by atoms with Gasteiger partial charge in [-0.2, -0.15) is 10.1 Å². The third-order valence-corrected chi connectivity index (χ3v) is 6.09. The van der Waals surface area contributed by atoms with E-state index in [0.29, 0.717) is 66.3 Å². The van der Waals surface area contributed by atoms with Crippen molar-refractivity contribution in [1.29, 1.82) is 0 Å². The summed E-state index contributed by atoms with van der Waals surface area (Å²) in [6.07, 6.45) is 5.48. The van der Waals surface area contributed by atoms with Gasteiger partial charge in [0, 0.05) is 58.2 Å². The van der Waals surface area contributed by atoms with Crippen LogP contribution in [-0.2, 0) is 11.8 Å². The lowest BCUT2D eigenvalue weighted by atomic mass is 10.1. The monoisotopic (exact) mass is 491 g/mol. The molecule has 5 rings (SSSR count). The average Bonchev–Trinajstić information content (AvgIpc) is 3.52. The smallest absolute Gasteiger partial charge is 0.297 e. The molecule has 1 saturated heterocycles. The Morgan fingerprint density at radius 1 is 1.25 bits per heavy atom. The Morgan fingerprint density at radius 2 is 2.08 bits per heavy atom. The van der Waals surface area contributed by atoms with Crippen molar-refractivity contribution in [3.63, 3.8) is 0 Å². The normalized spacial score (nSPS) is 14.4. The fourth-order valence-corrected chi connectivity index (χ4v) is 4.22. The number of piperidine rings is 1. The van der Waals surface area contributed by atoms with Crippen LogP contribution in [0.3, 0.4) is 0 Å². The Bertz CT molecular complexity index is 1360. The van der Waals surface area contributed by atoms with Crippen molar-refractivity contribution in [2.24, 2.45) is 12.8 Å². The number of methoxy groups -OCH3 is 1. The predicted octanol–water partition coefficient (Wildman–Crippen LogP) is 2.26. The number of hydrogen-bond acceptors (Lipinski definition) is 10. The molecule has 0 radical (unpaired) electrons. The van der Waals surface area contributed by atoms with E-state index in [2.05, 4.69) is 30.6 Å². The number of pyridine rings is 2. The van der Waals surface area contributed by atoms with Crippen LogP contribution in [0.5, 0.6) is 0 Å². The third kappa shape index (κ3) is 4.99. The zero-order chi connectivity index (χ0) is 25.1. The van der Waals surface area contributed by atoms with Gasteiger partial charge >= 0.3 is 0 Å². The predicted molar refractivity (Wildman–Crippen MR) is 136 cm³/mol. The van der Waals surface area contributed by atoms with Crippen LogP contribution in [-0.4, -0.2) is 70.0 Å². The minimum absolute atomic E-state index is 0.195. The van der Waals surface area contributed by atoms with E-state index >= 15 is 0 Å². The molecule has 1 aliphatic rings. The molecule has 0 spiro atoms. The molecule has 1 fully saturated rings. The molecule has 12 nitrogen and oxygen atoms in total. The van der Waals surface area contributed by atoms with Crippen molar-refractivity contribution in [2.45, 2.75) is 18.9 Å². The Hall–Kier alpha value is -4.03. The Morgan fingerprint density at radius 3 is 2.81 bits per heavy atom.